The number of aromatic nitrogens is 2. The maximum atomic E-state index is 6.05. The van der Waals surface area contributed by atoms with E-state index in [1.165, 1.54) is 32.1 Å². The van der Waals surface area contributed by atoms with Gasteiger partial charge < -0.3 is 10.6 Å². The van der Waals surface area contributed by atoms with Gasteiger partial charge in [0, 0.05) is 25.1 Å². The van der Waals surface area contributed by atoms with Crippen molar-refractivity contribution < 1.29 is 0 Å². The molecular weight excluding hydrogens is 248 g/mol. The lowest BCUT2D eigenvalue weighted by molar-refractivity contribution is 0.361. The third-order valence-electron chi connectivity index (χ3n) is 4.31. The fourth-order valence-corrected chi connectivity index (χ4v) is 3.01. The number of nitrogens with two attached hydrogens (primary N) is 1. The summed E-state index contributed by atoms with van der Waals surface area (Å²) in [5.74, 6) is 3.58. The van der Waals surface area contributed by atoms with Crippen LogP contribution in [-0.2, 0) is 0 Å². The van der Waals surface area contributed by atoms with Crippen LogP contribution >= 0.6 is 0 Å². The molecule has 0 saturated heterocycles. The first-order chi connectivity index (χ1) is 9.49. The molecule has 20 heavy (non-hydrogen) atoms. The summed E-state index contributed by atoms with van der Waals surface area (Å²) < 4.78 is 0. The molecule has 112 valence electrons. The van der Waals surface area contributed by atoms with E-state index in [9.17, 15) is 0 Å². The molecule has 0 spiro atoms. The summed E-state index contributed by atoms with van der Waals surface area (Å²) in [5.41, 5.74) is 7.06. The third kappa shape index (κ3) is 3.41. The first-order valence-corrected chi connectivity index (χ1v) is 7.84. The molecular formula is C16H28N4. The molecule has 2 N–H and O–H groups in total. The lowest BCUT2D eigenvalue weighted by Gasteiger charge is -2.29. The summed E-state index contributed by atoms with van der Waals surface area (Å²) in [7, 11) is 2.13. The van der Waals surface area contributed by atoms with E-state index in [0.29, 0.717) is 11.7 Å². The molecule has 0 unspecified atom stereocenters. The van der Waals surface area contributed by atoms with E-state index >= 15 is 0 Å². The minimum absolute atomic E-state index is 0.305. The second kappa shape index (κ2) is 6.42. The van der Waals surface area contributed by atoms with Crippen LogP contribution in [0.25, 0.3) is 0 Å². The van der Waals surface area contributed by atoms with Crippen molar-refractivity contribution in [2.45, 2.75) is 58.8 Å². The maximum Gasteiger partial charge on any atom is 0.137 e. The summed E-state index contributed by atoms with van der Waals surface area (Å²) in [5, 5.41) is 0. The van der Waals surface area contributed by atoms with E-state index in [1.54, 1.807) is 0 Å². The van der Waals surface area contributed by atoms with Gasteiger partial charge in [0.05, 0.1) is 0 Å². The van der Waals surface area contributed by atoms with Crippen molar-refractivity contribution in [1.82, 2.24) is 9.97 Å². The Balaban J connectivity index is 2.17. The van der Waals surface area contributed by atoms with E-state index in [-0.39, 0.29) is 0 Å². The SMILES string of the molecule is Cc1c(N)nc(C(C)C)nc1N(C)CC1CCCCC1. The Bertz CT molecular complexity index is 450. The quantitative estimate of drug-likeness (QED) is 0.914. The standard InChI is InChI=1S/C16H28N4/c1-11(2)15-18-14(17)12(3)16(19-15)20(4)10-13-8-6-5-7-9-13/h11,13H,5-10H2,1-4H3,(H2,17,18,19). The van der Waals surface area contributed by atoms with Gasteiger partial charge in [-0.05, 0) is 25.7 Å². The number of anilines is 2. The second-order valence-electron chi connectivity index (χ2n) is 6.45. The van der Waals surface area contributed by atoms with E-state index in [0.717, 1.165) is 29.7 Å². The largest absolute Gasteiger partial charge is 0.383 e. The van der Waals surface area contributed by atoms with Crippen LogP contribution in [0.1, 0.15) is 63.3 Å². The van der Waals surface area contributed by atoms with Gasteiger partial charge in [0.2, 0.25) is 0 Å². The van der Waals surface area contributed by atoms with Gasteiger partial charge in [-0.2, -0.15) is 0 Å². The predicted octanol–water partition coefficient (Wildman–Crippen LogP) is 3.51. The van der Waals surface area contributed by atoms with Gasteiger partial charge in [-0.3, -0.25) is 0 Å². The number of nitrogen functional groups attached to an aromatic ring is 1. The molecule has 4 nitrogen and oxygen atoms in total. The van der Waals surface area contributed by atoms with Gasteiger partial charge >= 0.3 is 0 Å². The fourth-order valence-electron chi connectivity index (χ4n) is 3.01. The highest BCUT2D eigenvalue weighted by Gasteiger charge is 2.19. The molecule has 1 aliphatic rings. The number of hydrogen-bond donors (Lipinski definition) is 1. The lowest BCUT2D eigenvalue weighted by Crippen LogP contribution is -2.29. The Hall–Kier alpha value is -1.32. The summed E-state index contributed by atoms with van der Waals surface area (Å²) in [6, 6.07) is 0. The van der Waals surface area contributed by atoms with Gasteiger partial charge in [0.15, 0.2) is 0 Å². The van der Waals surface area contributed by atoms with Crippen LogP contribution in [0.3, 0.4) is 0 Å². The number of rotatable bonds is 4. The smallest absolute Gasteiger partial charge is 0.137 e. The molecule has 1 aromatic heterocycles. The van der Waals surface area contributed by atoms with Crippen molar-refractivity contribution in [2.75, 3.05) is 24.2 Å². The van der Waals surface area contributed by atoms with Crippen LogP contribution in [0, 0.1) is 12.8 Å². The van der Waals surface area contributed by atoms with Crippen LogP contribution in [0.4, 0.5) is 11.6 Å². The highest BCUT2D eigenvalue weighted by molar-refractivity contribution is 5.56. The molecule has 0 amide bonds. The van der Waals surface area contributed by atoms with Crippen LogP contribution < -0.4 is 10.6 Å². The molecule has 0 atom stereocenters. The molecule has 4 heteroatoms. The normalized spacial score (nSPS) is 16.6. The van der Waals surface area contributed by atoms with Crippen molar-refractivity contribution in [2.24, 2.45) is 5.92 Å². The van der Waals surface area contributed by atoms with E-state index < -0.39 is 0 Å². The van der Waals surface area contributed by atoms with E-state index in [4.69, 9.17) is 10.7 Å². The Labute approximate surface area is 122 Å². The van der Waals surface area contributed by atoms with Crippen LogP contribution in [-0.4, -0.2) is 23.6 Å². The highest BCUT2D eigenvalue weighted by Crippen LogP contribution is 2.28. The van der Waals surface area contributed by atoms with E-state index in [1.807, 2.05) is 6.92 Å². The van der Waals surface area contributed by atoms with Gasteiger partial charge in [0.1, 0.15) is 17.5 Å². The van der Waals surface area contributed by atoms with Gasteiger partial charge in [-0.15, -0.1) is 0 Å². The monoisotopic (exact) mass is 276 g/mol. The summed E-state index contributed by atoms with van der Waals surface area (Å²) in [6.45, 7) is 7.31. The topological polar surface area (TPSA) is 55.0 Å². The minimum atomic E-state index is 0.305. The van der Waals surface area contributed by atoms with Crippen molar-refractivity contribution in [1.29, 1.82) is 0 Å². The zero-order chi connectivity index (χ0) is 14.7. The first-order valence-electron chi connectivity index (χ1n) is 7.84. The molecule has 1 saturated carbocycles. The zero-order valence-corrected chi connectivity index (χ0v) is 13.3. The van der Waals surface area contributed by atoms with Crippen molar-refractivity contribution in [3.05, 3.63) is 11.4 Å². The third-order valence-corrected chi connectivity index (χ3v) is 4.31. The van der Waals surface area contributed by atoms with Gasteiger partial charge in [-0.1, -0.05) is 33.1 Å². The van der Waals surface area contributed by atoms with Crippen molar-refractivity contribution >= 4 is 11.6 Å². The summed E-state index contributed by atoms with van der Waals surface area (Å²) in [4.78, 5) is 11.4. The number of hydrogen-bond acceptors (Lipinski definition) is 4. The minimum Gasteiger partial charge on any atom is -0.383 e. The Morgan fingerprint density at radius 3 is 2.45 bits per heavy atom. The fraction of sp³-hybridized carbons (Fsp3) is 0.750. The Morgan fingerprint density at radius 1 is 1.20 bits per heavy atom. The highest BCUT2D eigenvalue weighted by atomic mass is 15.2. The average molecular weight is 276 g/mol. The van der Waals surface area contributed by atoms with Crippen LogP contribution in [0.15, 0.2) is 0 Å². The van der Waals surface area contributed by atoms with Gasteiger partial charge in [-0.25, -0.2) is 9.97 Å². The van der Waals surface area contributed by atoms with Crippen LogP contribution in [0.5, 0.6) is 0 Å². The molecule has 0 radical (unpaired) electrons. The molecule has 0 bridgehead atoms. The summed E-state index contributed by atoms with van der Waals surface area (Å²) in [6.07, 6.45) is 6.85. The lowest BCUT2D eigenvalue weighted by atomic mass is 9.89. The average Bonchev–Trinajstić information content (AvgIpc) is 2.42. The molecule has 0 aromatic carbocycles. The summed E-state index contributed by atoms with van der Waals surface area (Å²) >= 11 is 0. The maximum absolute atomic E-state index is 6.05. The molecule has 1 aromatic rings. The van der Waals surface area contributed by atoms with Gasteiger partial charge in [0.25, 0.3) is 0 Å². The predicted molar refractivity (Wildman–Crippen MR) is 85.1 cm³/mol. The Kier molecular flexibility index (Phi) is 4.84. The van der Waals surface area contributed by atoms with Crippen molar-refractivity contribution in [3.8, 4) is 0 Å². The molecule has 0 aliphatic heterocycles. The second-order valence-corrected chi connectivity index (χ2v) is 6.45. The molecule has 1 aliphatic carbocycles. The Morgan fingerprint density at radius 2 is 1.85 bits per heavy atom. The molecule has 1 fully saturated rings. The van der Waals surface area contributed by atoms with Crippen molar-refractivity contribution in [3.63, 3.8) is 0 Å². The zero-order valence-electron chi connectivity index (χ0n) is 13.3. The first kappa shape index (κ1) is 15.1. The number of nitrogens with zero attached hydrogens (tertiary/aromatic N) is 3. The molecule has 1 heterocycles. The molecule has 2 rings (SSSR count). The van der Waals surface area contributed by atoms with E-state index in [2.05, 4.69) is 30.8 Å². The van der Waals surface area contributed by atoms with Crippen LogP contribution in [0.2, 0.25) is 0 Å².